The van der Waals surface area contributed by atoms with Crippen LogP contribution in [-0.2, 0) is 6.42 Å². The van der Waals surface area contributed by atoms with Gasteiger partial charge in [0.1, 0.15) is 11.3 Å². The standard InChI is InChI=1S/C29H26N2O4/c1-18-14-24(19(2)6-5-8-20-7-3-4-9-23(20)29(33)34)28-25(15-18)26(32)17-27(35-28)21-11-13-31-22(16-21)10-12-30-31/h3-4,7,9-17,19H,5-6,8H2,1-2H3,(H,33,34). The Balaban J connectivity index is 1.47. The number of aromatic nitrogens is 2. The van der Waals surface area contributed by atoms with Crippen molar-refractivity contribution in [2.24, 2.45) is 0 Å². The largest absolute Gasteiger partial charge is 0.478 e. The highest BCUT2D eigenvalue weighted by Gasteiger charge is 2.17. The second-order valence-electron chi connectivity index (χ2n) is 9.08. The highest BCUT2D eigenvalue weighted by molar-refractivity contribution is 5.89. The predicted molar refractivity (Wildman–Crippen MR) is 136 cm³/mol. The van der Waals surface area contributed by atoms with Gasteiger partial charge in [-0.1, -0.05) is 31.2 Å². The summed E-state index contributed by atoms with van der Waals surface area (Å²) in [5.74, 6) is -0.245. The summed E-state index contributed by atoms with van der Waals surface area (Å²) in [5, 5.41) is 14.3. The number of aromatic carboxylic acids is 1. The van der Waals surface area contributed by atoms with Crippen LogP contribution in [0.5, 0.6) is 0 Å². The average molecular weight is 467 g/mol. The van der Waals surface area contributed by atoms with Crippen LogP contribution in [0.3, 0.4) is 0 Å². The van der Waals surface area contributed by atoms with Gasteiger partial charge in [0.25, 0.3) is 0 Å². The maximum atomic E-state index is 13.1. The highest BCUT2D eigenvalue weighted by Crippen LogP contribution is 2.32. The fourth-order valence-electron chi connectivity index (χ4n) is 4.72. The Morgan fingerprint density at radius 2 is 1.94 bits per heavy atom. The van der Waals surface area contributed by atoms with Gasteiger partial charge in [-0.3, -0.25) is 4.79 Å². The monoisotopic (exact) mass is 466 g/mol. The Hall–Kier alpha value is -4.19. The number of carbonyl (C=O) groups is 1. The van der Waals surface area contributed by atoms with E-state index in [0.29, 0.717) is 28.7 Å². The highest BCUT2D eigenvalue weighted by atomic mass is 16.4. The number of rotatable bonds is 7. The number of benzene rings is 2. The number of fused-ring (bicyclic) bond motifs is 2. The number of pyridine rings is 1. The van der Waals surface area contributed by atoms with Gasteiger partial charge < -0.3 is 9.52 Å². The summed E-state index contributed by atoms with van der Waals surface area (Å²) in [4.78, 5) is 24.6. The van der Waals surface area contributed by atoms with Gasteiger partial charge in [0, 0.05) is 24.0 Å². The number of hydrogen-bond donors (Lipinski definition) is 1. The molecule has 3 aromatic heterocycles. The van der Waals surface area contributed by atoms with Gasteiger partial charge in [0.05, 0.1) is 16.5 Å². The van der Waals surface area contributed by atoms with Crippen molar-refractivity contribution in [2.75, 3.05) is 0 Å². The number of aryl methyl sites for hydroxylation is 2. The average Bonchev–Trinajstić information content (AvgIpc) is 3.32. The molecule has 0 radical (unpaired) electrons. The molecule has 6 heteroatoms. The second kappa shape index (κ2) is 9.22. The van der Waals surface area contributed by atoms with Gasteiger partial charge in [0.15, 0.2) is 5.43 Å². The van der Waals surface area contributed by atoms with Crippen molar-refractivity contribution >= 4 is 22.5 Å². The second-order valence-corrected chi connectivity index (χ2v) is 9.08. The van der Waals surface area contributed by atoms with Gasteiger partial charge in [-0.2, -0.15) is 5.10 Å². The van der Waals surface area contributed by atoms with Crippen LogP contribution < -0.4 is 5.43 Å². The van der Waals surface area contributed by atoms with Gasteiger partial charge in [-0.15, -0.1) is 0 Å². The molecule has 6 nitrogen and oxygen atoms in total. The molecule has 5 aromatic rings. The fraction of sp³-hybridized carbons (Fsp3) is 0.207. The van der Waals surface area contributed by atoms with Crippen molar-refractivity contribution in [3.05, 3.63) is 106 Å². The van der Waals surface area contributed by atoms with E-state index in [1.54, 1.807) is 28.9 Å². The molecule has 0 aliphatic carbocycles. The quantitative estimate of drug-likeness (QED) is 0.307. The lowest BCUT2D eigenvalue weighted by molar-refractivity contribution is 0.0695. The van der Waals surface area contributed by atoms with E-state index in [1.165, 1.54) is 0 Å². The Morgan fingerprint density at radius 3 is 2.77 bits per heavy atom. The minimum absolute atomic E-state index is 0.0674. The Bertz CT molecular complexity index is 1610. The van der Waals surface area contributed by atoms with Gasteiger partial charge >= 0.3 is 5.97 Å². The van der Waals surface area contributed by atoms with Crippen molar-refractivity contribution in [1.82, 2.24) is 9.61 Å². The SMILES string of the molecule is Cc1cc(C(C)CCCc2ccccc2C(=O)O)c2oc(-c3ccn4nccc4c3)cc(=O)c2c1. The lowest BCUT2D eigenvalue weighted by Crippen LogP contribution is -2.06. The Morgan fingerprint density at radius 1 is 1.11 bits per heavy atom. The first-order valence-corrected chi connectivity index (χ1v) is 11.7. The zero-order chi connectivity index (χ0) is 24.5. The van der Waals surface area contributed by atoms with Gasteiger partial charge in [0.2, 0.25) is 0 Å². The summed E-state index contributed by atoms with van der Waals surface area (Å²) in [6.07, 6.45) is 5.91. The van der Waals surface area contributed by atoms with E-state index in [0.717, 1.165) is 40.6 Å². The van der Waals surface area contributed by atoms with Crippen molar-refractivity contribution in [2.45, 2.75) is 39.0 Å². The van der Waals surface area contributed by atoms with E-state index in [2.05, 4.69) is 18.1 Å². The molecule has 0 spiro atoms. The topological polar surface area (TPSA) is 84.8 Å². The third-order valence-electron chi connectivity index (χ3n) is 6.55. The molecule has 1 unspecified atom stereocenters. The molecule has 0 aliphatic rings. The Labute approximate surface area is 202 Å². The van der Waals surface area contributed by atoms with E-state index in [4.69, 9.17) is 4.42 Å². The maximum Gasteiger partial charge on any atom is 0.335 e. The minimum Gasteiger partial charge on any atom is -0.478 e. The molecule has 3 heterocycles. The third kappa shape index (κ3) is 4.47. The summed E-state index contributed by atoms with van der Waals surface area (Å²) < 4.78 is 8.14. The molecular weight excluding hydrogens is 440 g/mol. The molecule has 0 bridgehead atoms. The Kier molecular flexibility index (Phi) is 5.95. The summed E-state index contributed by atoms with van der Waals surface area (Å²) in [5.41, 5.74) is 5.49. The van der Waals surface area contributed by atoms with Crippen LogP contribution in [0.25, 0.3) is 27.8 Å². The number of hydrogen-bond acceptors (Lipinski definition) is 4. The van der Waals surface area contributed by atoms with Crippen LogP contribution in [0, 0.1) is 6.92 Å². The number of carboxylic acid groups (broad SMARTS) is 1. The molecule has 0 saturated heterocycles. The molecule has 1 N–H and O–H groups in total. The number of nitrogens with zero attached hydrogens (tertiary/aromatic N) is 2. The molecule has 5 rings (SSSR count). The molecule has 0 amide bonds. The lowest BCUT2D eigenvalue weighted by atomic mass is 9.91. The molecule has 0 fully saturated rings. The first kappa shape index (κ1) is 22.6. The molecule has 1 atom stereocenters. The van der Waals surface area contributed by atoms with E-state index < -0.39 is 5.97 Å². The third-order valence-corrected chi connectivity index (χ3v) is 6.55. The summed E-state index contributed by atoms with van der Waals surface area (Å²) >= 11 is 0. The van der Waals surface area contributed by atoms with Gasteiger partial charge in [-0.05, 0) is 79.1 Å². The van der Waals surface area contributed by atoms with Gasteiger partial charge in [-0.25, -0.2) is 9.31 Å². The zero-order valence-corrected chi connectivity index (χ0v) is 19.7. The maximum absolute atomic E-state index is 13.1. The number of carboxylic acids is 1. The predicted octanol–water partition coefficient (Wildman–Crippen LogP) is 6.24. The van der Waals surface area contributed by atoms with Crippen molar-refractivity contribution in [3.63, 3.8) is 0 Å². The van der Waals surface area contributed by atoms with Crippen LogP contribution >= 0.6 is 0 Å². The summed E-state index contributed by atoms with van der Waals surface area (Å²) in [6, 6.07) is 18.4. The molecule has 2 aromatic carbocycles. The minimum atomic E-state index is -0.901. The summed E-state index contributed by atoms with van der Waals surface area (Å²) in [7, 11) is 0. The van der Waals surface area contributed by atoms with E-state index in [-0.39, 0.29) is 11.3 Å². The van der Waals surface area contributed by atoms with E-state index >= 15 is 0 Å². The smallest absolute Gasteiger partial charge is 0.335 e. The van der Waals surface area contributed by atoms with E-state index in [9.17, 15) is 14.7 Å². The first-order valence-electron chi connectivity index (χ1n) is 11.7. The zero-order valence-electron chi connectivity index (χ0n) is 19.7. The van der Waals surface area contributed by atoms with Crippen LogP contribution in [-0.4, -0.2) is 20.7 Å². The summed E-state index contributed by atoms with van der Waals surface area (Å²) in [6.45, 7) is 4.11. The fourth-order valence-corrected chi connectivity index (χ4v) is 4.72. The van der Waals surface area contributed by atoms with Crippen LogP contribution in [0.15, 0.2) is 82.3 Å². The van der Waals surface area contributed by atoms with Crippen LogP contribution in [0.4, 0.5) is 0 Å². The first-order chi connectivity index (χ1) is 16.9. The van der Waals surface area contributed by atoms with Crippen molar-refractivity contribution in [1.29, 1.82) is 0 Å². The lowest BCUT2D eigenvalue weighted by Gasteiger charge is -2.16. The van der Waals surface area contributed by atoms with Crippen LogP contribution in [0.1, 0.15) is 52.7 Å². The molecule has 0 aliphatic heterocycles. The molecular formula is C29H26N2O4. The van der Waals surface area contributed by atoms with Crippen molar-refractivity contribution in [3.8, 4) is 11.3 Å². The molecule has 176 valence electrons. The van der Waals surface area contributed by atoms with E-state index in [1.807, 2.05) is 49.5 Å². The molecule has 0 saturated carbocycles. The van der Waals surface area contributed by atoms with Crippen molar-refractivity contribution < 1.29 is 14.3 Å². The molecule has 35 heavy (non-hydrogen) atoms. The van der Waals surface area contributed by atoms with Crippen LogP contribution in [0.2, 0.25) is 0 Å². The normalized spacial score (nSPS) is 12.3.